The second kappa shape index (κ2) is 8.52. The molecule has 5 nitrogen and oxygen atoms in total. The Morgan fingerprint density at radius 2 is 2.07 bits per heavy atom. The van der Waals surface area contributed by atoms with Crippen LogP contribution in [0.15, 0.2) is 24.3 Å². The number of ether oxygens (including phenoxy) is 2. The van der Waals surface area contributed by atoms with Crippen LogP contribution in [0.3, 0.4) is 0 Å². The van der Waals surface area contributed by atoms with E-state index in [1.165, 1.54) is 12.8 Å². The van der Waals surface area contributed by atoms with Gasteiger partial charge in [-0.25, -0.2) is 0 Å². The molecular weight excluding hydrogens is 352 g/mol. The topological polar surface area (TPSA) is 73.6 Å². The molecule has 3 rings (SSSR count). The predicted octanol–water partition coefficient (Wildman–Crippen LogP) is 4.25. The van der Waals surface area contributed by atoms with Crippen LogP contribution in [0, 0.1) is 11.3 Å². The molecule has 0 heterocycles. The maximum atomic E-state index is 12.9. The highest BCUT2D eigenvalue weighted by Crippen LogP contribution is 2.50. The lowest BCUT2D eigenvalue weighted by Gasteiger charge is -2.57. The average Bonchev–Trinajstić information content (AvgIpc) is 2.66. The fourth-order valence-electron chi connectivity index (χ4n) is 4.55. The van der Waals surface area contributed by atoms with Crippen LogP contribution in [0.25, 0.3) is 0 Å². The van der Waals surface area contributed by atoms with Gasteiger partial charge in [0.2, 0.25) is 5.91 Å². The van der Waals surface area contributed by atoms with Crippen molar-refractivity contribution in [2.24, 2.45) is 17.1 Å². The number of nitrogens with one attached hydrogen (secondary N) is 1. The van der Waals surface area contributed by atoms with Gasteiger partial charge < -0.3 is 20.5 Å². The molecule has 2 fully saturated rings. The zero-order valence-corrected chi connectivity index (χ0v) is 17.8. The van der Waals surface area contributed by atoms with Gasteiger partial charge in [-0.2, -0.15) is 0 Å². The van der Waals surface area contributed by atoms with E-state index in [0.29, 0.717) is 25.7 Å². The van der Waals surface area contributed by atoms with Crippen molar-refractivity contribution in [2.75, 3.05) is 11.9 Å². The van der Waals surface area contributed by atoms with E-state index in [1.807, 2.05) is 45.0 Å². The van der Waals surface area contributed by atoms with Crippen molar-refractivity contribution in [1.82, 2.24) is 0 Å². The number of anilines is 1. The zero-order valence-electron chi connectivity index (χ0n) is 17.8. The highest BCUT2D eigenvalue weighted by atomic mass is 16.5. The maximum absolute atomic E-state index is 12.9. The van der Waals surface area contributed by atoms with Crippen LogP contribution in [-0.2, 0) is 20.9 Å². The molecule has 1 aromatic rings. The number of rotatable bonds is 7. The molecule has 0 aliphatic heterocycles. The number of amides is 1. The summed E-state index contributed by atoms with van der Waals surface area (Å²) in [5.41, 5.74) is 7.01. The summed E-state index contributed by atoms with van der Waals surface area (Å²) in [6.45, 7) is 9.48. The van der Waals surface area contributed by atoms with Gasteiger partial charge in [0.15, 0.2) is 0 Å². The summed E-state index contributed by atoms with van der Waals surface area (Å²) in [7, 11) is 0. The van der Waals surface area contributed by atoms with Crippen molar-refractivity contribution in [3.63, 3.8) is 0 Å². The van der Waals surface area contributed by atoms with Crippen LogP contribution in [0.5, 0.6) is 0 Å². The number of carbonyl (C=O) groups excluding carboxylic acids is 1. The smallest absolute Gasteiger partial charge is 0.245 e. The Morgan fingerprint density at radius 3 is 2.75 bits per heavy atom. The first-order valence-corrected chi connectivity index (χ1v) is 10.7. The van der Waals surface area contributed by atoms with E-state index in [0.717, 1.165) is 30.0 Å². The second-order valence-electron chi connectivity index (χ2n) is 9.20. The summed E-state index contributed by atoms with van der Waals surface area (Å²) in [5, 5.41) is 3.01. The van der Waals surface area contributed by atoms with Gasteiger partial charge in [0, 0.05) is 24.1 Å². The van der Waals surface area contributed by atoms with Crippen LogP contribution in [-0.4, -0.2) is 30.3 Å². The SMILES string of the molecule is CCOC1CC(N)(C(=O)Nc2cccc(COC3CCCC(C)C3)c2)C1(C)C. The second-order valence-corrected chi connectivity index (χ2v) is 9.20. The van der Waals surface area contributed by atoms with Crippen LogP contribution < -0.4 is 11.1 Å². The molecule has 0 radical (unpaired) electrons. The van der Waals surface area contributed by atoms with Gasteiger partial charge in [-0.05, 0) is 43.4 Å². The molecule has 1 aromatic carbocycles. The lowest BCUT2D eigenvalue weighted by molar-refractivity contribution is -0.166. The first-order chi connectivity index (χ1) is 13.3. The summed E-state index contributed by atoms with van der Waals surface area (Å²) in [6, 6.07) is 7.88. The third kappa shape index (κ3) is 4.27. The fourth-order valence-corrected chi connectivity index (χ4v) is 4.55. The fraction of sp³-hybridized carbons (Fsp3) is 0.696. The van der Waals surface area contributed by atoms with Gasteiger partial charge in [0.1, 0.15) is 5.54 Å². The standard InChI is InChI=1S/C23H36N2O3/c1-5-27-20-14-23(24,22(20,3)4)21(26)25-18-10-7-9-17(13-18)15-28-19-11-6-8-16(2)12-19/h7,9-10,13,16,19-20H,5-6,8,11-12,14-15,24H2,1-4H3,(H,25,26). The van der Waals surface area contributed by atoms with E-state index in [1.54, 1.807) is 0 Å². The predicted molar refractivity (Wildman–Crippen MR) is 112 cm³/mol. The Bertz CT molecular complexity index is 690. The van der Waals surface area contributed by atoms with Crippen molar-refractivity contribution >= 4 is 11.6 Å². The number of nitrogens with two attached hydrogens (primary N) is 1. The highest BCUT2D eigenvalue weighted by molar-refractivity contribution is 5.99. The lowest BCUT2D eigenvalue weighted by atomic mass is 9.54. The minimum absolute atomic E-state index is 0.0193. The molecule has 156 valence electrons. The Balaban J connectivity index is 1.58. The van der Waals surface area contributed by atoms with Gasteiger partial charge in [0.05, 0.1) is 18.8 Å². The maximum Gasteiger partial charge on any atom is 0.245 e. The minimum Gasteiger partial charge on any atom is -0.378 e. The molecule has 3 N–H and O–H groups in total. The Kier molecular flexibility index (Phi) is 6.47. The van der Waals surface area contributed by atoms with Gasteiger partial charge in [0.25, 0.3) is 0 Å². The first kappa shape index (κ1) is 21.3. The molecule has 0 spiro atoms. The van der Waals surface area contributed by atoms with Crippen LogP contribution in [0.1, 0.15) is 65.4 Å². The van der Waals surface area contributed by atoms with Gasteiger partial charge >= 0.3 is 0 Å². The van der Waals surface area contributed by atoms with Gasteiger partial charge in [-0.1, -0.05) is 45.7 Å². The summed E-state index contributed by atoms with van der Waals surface area (Å²) >= 11 is 0. The van der Waals surface area contributed by atoms with Gasteiger partial charge in [-0.3, -0.25) is 4.79 Å². The van der Waals surface area contributed by atoms with Crippen LogP contribution in [0.4, 0.5) is 5.69 Å². The van der Waals surface area contributed by atoms with E-state index >= 15 is 0 Å². The molecule has 5 heteroatoms. The van der Waals surface area contributed by atoms with Crippen molar-refractivity contribution in [3.8, 4) is 0 Å². The van der Waals surface area contributed by atoms with Gasteiger partial charge in [-0.15, -0.1) is 0 Å². The monoisotopic (exact) mass is 388 g/mol. The molecule has 1 amide bonds. The number of hydrogen-bond donors (Lipinski definition) is 2. The number of carbonyl (C=O) groups is 1. The van der Waals surface area contributed by atoms with Crippen molar-refractivity contribution in [2.45, 2.75) is 84.2 Å². The summed E-state index contributed by atoms with van der Waals surface area (Å²) < 4.78 is 11.8. The third-order valence-corrected chi connectivity index (χ3v) is 6.79. The van der Waals surface area contributed by atoms with E-state index < -0.39 is 11.0 Å². The molecule has 2 aliphatic carbocycles. The molecule has 4 unspecified atom stereocenters. The van der Waals surface area contributed by atoms with E-state index in [-0.39, 0.29) is 12.0 Å². The van der Waals surface area contributed by atoms with E-state index in [2.05, 4.69) is 12.2 Å². The summed E-state index contributed by atoms with van der Waals surface area (Å²) in [4.78, 5) is 12.9. The highest BCUT2D eigenvalue weighted by Gasteiger charge is 2.62. The molecule has 4 atom stereocenters. The third-order valence-electron chi connectivity index (χ3n) is 6.79. The lowest BCUT2D eigenvalue weighted by Crippen LogP contribution is -2.74. The number of hydrogen-bond acceptors (Lipinski definition) is 4. The minimum atomic E-state index is -0.919. The molecule has 2 aliphatic rings. The van der Waals surface area contributed by atoms with Crippen molar-refractivity contribution in [1.29, 1.82) is 0 Å². The Labute approximate surface area is 169 Å². The molecule has 2 saturated carbocycles. The first-order valence-electron chi connectivity index (χ1n) is 10.7. The van der Waals surface area contributed by atoms with Crippen LogP contribution in [0.2, 0.25) is 0 Å². The van der Waals surface area contributed by atoms with Crippen molar-refractivity contribution < 1.29 is 14.3 Å². The average molecular weight is 389 g/mol. The quantitative estimate of drug-likeness (QED) is 0.732. The van der Waals surface area contributed by atoms with E-state index in [9.17, 15) is 4.79 Å². The molecule has 0 saturated heterocycles. The number of benzene rings is 1. The Hall–Kier alpha value is -1.43. The largest absolute Gasteiger partial charge is 0.378 e. The van der Waals surface area contributed by atoms with E-state index in [4.69, 9.17) is 15.2 Å². The molecule has 0 bridgehead atoms. The Morgan fingerprint density at radius 1 is 1.29 bits per heavy atom. The van der Waals surface area contributed by atoms with Crippen molar-refractivity contribution in [3.05, 3.63) is 29.8 Å². The summed E-state index contributed by atoms with van der Waals surface area (Å²) in [6.07, 6.45) is 5.75. The molecule has 0 aromatic heterocycles. The summed E-state index contributed by atoms with van der Waals surface area (Å²) in [5.74, 6) is 0.601. The normalized spacial score (nSPS) is 31.8. The molecular formula is C23H36N2O3. The molecule has 28 heavy (non-hydrogen) atoms. The van der Waals surface area contributed by atoms with Crippen LogP contribution >= 0.6 is 0 Å². The zero-order chi connectivity index (χ0) is 20.4.